The summed E-state index contributed by atoms with van der Waals surface area (Å²) >= 11 is 1.72. The highest BCUT2D eigenvalue weighted by atomic mass is 32.1. The van der Waals surface area contributed by atoms with Crippen molar-refractivity contribution in [3.8, 4) is 0 Å². The van der Waals surface area contributed by atoms with Crippen molar-refractivity contribution in [2.75, 3.05) is 20.6 Å². The average Bonchev–Trinajstić information content (AvgIpc) is 3.18. The lowest BCUT2D eigenvalue weighted by molar-refractivity contribution is 0.229. The van der Waals surface area contributed by atoms with Crippen LogP contribution in [-0.2, 0) is 6.42 Å². The van der Waals surface area contributed by atoms with Crippen molar-refractivity contribution in [1.82, 2.24) is 15.5 Å². The van der Waals surface area contributed by atoms with Gasteiger partial charge in [0.05, 0.1) is 12.1 Å². The number of thiophene rings is 1. The van der Waals surface area contributed by atoms with Crippen molar-refractivity contribution < 1.29 is 4.79 Å². The quantitative estimate of drug-likeness (QED) is 0.884. The summed E-state index contributed by atoms with van der Waals surface area (Å²) in [4.78, 5) is 15.7. The molecule has 2 aromatic rings. The molecule has 2 N–H and O–H groups in total. The van der Waals surface area contributed by atoms with E-state index < -0.39 is 0 Å². The van der Waals surface area contributed by atoms with E-state index in [1.54, 1.807) is 11.3 Å². The van der Waals surface area contributed by atoms with E-state index in [-0.39, 0.29) is 18.1 Å². The van der Waals surface area contributed by atoms with Gasteiger partial charge in [-0.2, -0.15) is 0 Å². The molecule has 2 amide bonds. The van der Waals surface area contributed by atoms with E-state index in [2.05, 4.69) is 45.2 Å². The first-order valence-electron chi connectivity index (χ1n) is 7.97. The number of urea groups is 1. The van der Waals surface area contributed by atoms with E-state index in [0.29, 0.717) is 6.54 Å². The third-order valence-corrected chi connectivity index (χ3v) is 5.36. The lowest BCUT2D eigenvalue weighted by atomic mass is 10.1. The van der Waals surface area contributed by atoms with Crippen molar-refractivity contribution in [3.63, 3.8) is 0 Å². The summed E-state index contributed by atoms with van der Waals surface area (Å²) in [6.07, 6.45) is 2.02. The number of nitrogens with one attached hydrogen (secondary N) is 2. The van der Waals surface area contributed by atoms with Gasteiger partial charge in [0.1, 0.15) is 0 Å². The van der Waals surface area contributed by atoms with Gasteiger partial charge in [0.25, 0.3) is 0 Å². The van der Waals surface area contributed by atoms with Crippen molar-refractivity contribution in [3.05, 3.63) is 57.8 Å². The minimum Gasteiger partial charge on any atom is -0.336 e. The van der Waals surface area contributed by atoms with Gasteiger partial charge in [0, 0.05) is 11.4 Å². The predicted molar refractivity (Wildman–Crippen MR) is 94.8 cm³/mol. The molecule has 0 spiro atoms. The smallest absolute Gasteiger partial charge is 0.315 e. The van der Waals surface area contributed by atoms with Gasteiger partial charge >= 0.3 is 6.03 Å². The molecule has 122 valence electrons. The molecule has 0 radical (unpaired) electrons. The van der Waals surface area contributed by atoms with E-state index in [4.69, 9.17) is 0 Å². The number of aryl methyl sites for hydroxylation is 1. The van der Waals surface area contributed by atoms with E-state index in [0.717, 1.165) is 12.8 Å². The van der Waals surface area contributed by atoms with Crippen molar-refractivity contribution in [1.29, 1.82) is 0 Å². The van der Waals surface area contributed by atoms with Gasteiger partial charge in [-0.25, -0.2) is 4.79 Å². The van der Waals surface area contributed by atoms with Gasteiger partial charge in [0.2, 0.25) is 0 Å². The Kier molecular flexibility index (Phi) is 4.98. The van der Waals surface area contributed by atoms with Crippen LogP contribution in [0.1, 0.15) is 34.5 Å². The van der Waals surface area contributed by atoms with Crippen molar-refractivity contribution in [2.24, 2.45) is 0 Å². The Morgan fingerprint density at radius 1 is 1.30 bits per heavy atom. The Balaban J connectivity index is 1.56. The SMILES string of the molecule is CN(C)C(CNC(=O)NC1CCc2ccccc21)c1cccs1. The number of likely N-dealkylation sites (N-methyl/N-ethyl adjacent to an activating group) is 1. The monoisotopic (exact) mass is 329 g/mol. The number of benzene rings is 1. The van der Waals surface area contributed by atoms with Crippen LogP contribution in [0.15, 0.2) is 41.8 Å². The van der Waals surface area contributed by atoms with Crippen LogP contribution in [0.2, 0.25) is 0 Å². The Hall–Kier alpha value is -1.85. The fourth-order valence-corrected chi connectivity index (χ4v) is 4.05. The summed E-state index contributed by atoms with van der Waals surface area (Å²) < 4.78 is 0. The number of fused-ring (bicyclic) bond motifs is 1. The van der Waals surface area contributed by atoms with Gasteiger partial charge in [-0.15, -0.1) is 11.3 Å². The molecule has 1 aromatic heterocycles. The molecule has 1 heterocycles. The molecule has 0 bridgehead atoms. The molecule has 1 aromatic carbocycles. The van der Waals surface area contributed by atoms with Crippen LogP contribution in [0.25, 0.3) is 0 Å². The maximum absolute atomic E-state index is 12.3. The molecule has 0 fully saturated rings. The number of hydrogen-bond acceptors (Lipinski definition) is 3. The highest BCUT2D eigenvalue weighted by molar-refractivity contribution is 7.10. The molecule has 1 aliphatic rings. The van der Waals surface area contributed by atoms with Gasteiger partial charge in [0.15, 0.2) is 0 Å². The number of rotatable bonds is 5. The number of carbonyl (C=O) groups excluding carboxylic acids is 1. The summed E-state index contributed by atoms with van der Waals surface area (Å²) in [5, 5.41) is 8.21. The van der Waals surface area contributed by atoms with Gasteiger partial charge in [-0.1, -0.05) is 30.3 Å². The van der Waals surface area contributed by atoms with Crippen LogP contribution in [0.4, 0.5) is 4.79 Å². The minimum absolute atomic E-state index is 0.0879. The van der Waals surface area contributed by atoms with Crippen LogP contribution in [-0.4, -0.2) is 31.6 Å². The number of amides is 2. The summed E-state index contributed by atoms with van der Waals surface area (Å²) in [7, 11) is 4.08. The number of nitrogens with zero attached hydrogens (tertiary/aromatic N) is 1. The van der Waals surface area contributed by atoms with Gasteiger partial charge in [-0.3, -0.25) is 0 Å². The van der Waals surface area contributed by atoms with E-state index in [1.165, 1.54) is 16.0 Å². The van der Waals surface area contributed by atoms with E-state index in [9.17, 15) is 4.79 Å². The zero-order valence-electron chi connectivity index (χ0n) is 13.6. The molecule has 5 heteroatoms. The third kappa shape index (κ3) is 3.74. The van der Waals surface area contributed by atoms with Gasteiger partial charge < -0.3 is 15.5 Å². The topological polar surface area (TPSA) is 44.4 Å². The summed E-state index contributed by atoms with van der Waals surface area (Å²) in [6.45, 7) is 0.605. The first-order chi connectivity index (χ1) is 11.1. The summed E-state index contributed by atoms with van der Waals surface area (Å²) in [5.41, 5.74) is 2.60. The normalized spacial score (nSPS) is 17.8. The zero-order chi connectivity index (χ0) is 16.2. The maximum atomic E-state index is 12.3. The average molecular weight is 329 g/mol. The van der Waals surface area contributed by atoms with Gasteiger partial charge in [-0.05, 0) is 49.5 Å². The Bertz CT molecular complexity index is 654. The maximum Gasteiger partial charge on any atom is 0.315 e. The highest BCUT2D eigenvalue weighted by Crippen LogP contribution is 2.30. The fourth-order valence-electron chi connectivity index (χ4n) is 3.12. The standard InChI is InChI=1S/C18H23N3OS/c1-21(2)16(17-8-5-11-23-17)12-19-18(22)20-15-10-9-13-6-3-4-7-14(13)15/h3-8,11,15-16H,9-10,12H2,1-2H3,(H2,19,20,22). The predicted octanol–water partition coefficient (Wildman–Crippen LogP) is 3.34. The van der Waals surface area contributed by atoms with Crippen LogP contribution < -0.4 is 10.6 Å². The van der Waals surface area contributed by atoms with Crippen molar-refractivity contribution in [2.45, 2.75) is 24.9 Å². The van der Waals surface area contributed by atoms with Crippen LogP contribution in [0, 0.1) is 0 Å². The molecule has 2 unspecified atom stereocenters. The largest absolute Gasteiger partial charge is 0.336 e. The number of carbonyl (C=O) groups is 1. The molecular weight excluding hydrogens is 306 g/mol. The molecule has 0 saturated carbocycles. The summed E-state index contributed by atoms with van der Waals surface area (Å²) in [6, 6.07) is 12.8. The molecule has 3 rings (SSSR count). The summed E-state index contributed by atoms with van der Waals surface area (Å²) in [5.74, 6) is 0. The van der Waals surface area contributed by atoms with E-state index in [1.807, 2.05) is 26.2 Å². The lowest BCUT2D eigenvalue weighted by Crippen LogP contribution is -2.41. The van der Waals surface area contributed by atoms with Crippen LogP contribution in [0.5, 0.6) is 0 Å². The highest BCUT2D eigenvalue weighted by Gasteiger charge is 2.24. The first kappa shape index (κ1) is 16.0. The molecular formula is C18H23N3OS. The molecule has 23 heavy (non-hydrogen) atoms. The van der Waals surface area contributed by atoms with Crippen LogP contribution >= 0.6 is 11.3 Å². The number of hydrogen-bond donors (Lipinski definition) is 2. The zero-order valence-corrected chi connectivity index (χ0v) is 14.4. The lowest BCUT2D eigenvalue weighted by Gasteiger charge is -2.24. The second-order valence-electron chi connectivity index (χ2n) is 6.14. The first-order valence-corrected chi connectivity index (χ1v) is 8.85. The molecule has 0 aliphatic heterocycles. The third-order valence-electron chi connectivity index (χ3n) is 4.39. The Morgan fingerprint density at radius 3 is 2.87 bits per heavy atom. The second-order valence-corrected chi connectivity index (χ2v) is 7.12. The molecule has 0 saturated heterocycles. The van der Waals surface area contributed by atoms with E-state index >= 15 is 0 Å². The second kappa shape index (κ2) is 7.15. The van der Waals surface area contributed by atoms with Crippen molar-refractivity contribution >= 4 is 17.4 Å². The minimum atomic E-state index is -0.0879. The molecule has 1 aliphatic carbocycles. The fraction of sp³-hybridized carbons (Fsp3) is 0.389. The molecule has 2 atom stereocenters. The molecule has 4 nitrogen and oxygen atoms in total. The van der Waals surface area contributed by atoms with Crippen LogP contribution in [0.3, 0.4) is 0 Å². The Morgan fingerprint density at radius 2 is 2.13 bits per heavy atom. The Labute approximate surface area is 141 Å².